The second-order valence-electron chi connectivity index (χ2n) is 7.52. The molecule has 0 radical (unpaired) electrons. The number of sulfone groups is 1. The quantitative estimate of drug-likeness (QED) is 0.429. The van der Waals surface area contributed by atoms with Crippen LogP contribution in [-0.2, 0) is 19.4 Å². The molecule has 1 heterocycles. The van der Waals surface area contributed by atoms with E-state index in [1.54, 1.807) is 44.0 Å². The molecule has 0 unspecified atom stereocenters. The maximum absolute atomic E-state index is 13.5. The smallest absolute Gasteiger partial charge is 0.265 e. The van der Waals surface area contributed by atoms with Gasteiger partial charge in [0, 0.05) is 26.7 Å². The first-order valence-electron chi connectivity index (χ1n) is 10.2. The minimum absolute atomic E-state index is 0.00600. The monoisotopic (exact) mass is 464 g/mol. The molecule has 1 aliphatic rings. The largest absolute Gasteiger partial charge is 0.497 e. The lowest BCUT2D eigenvalue weighted by Crippen LogP contribution is -2.57. The molecule has 0 spiro atoms. The van der Waals surface area contributed by atoms with Crippen LogP contribution < -0.4 is 15.0 Å². The molecular weight excluding hydrogens is 436 g/mol. The summed E-state index contributed by atoms with van der Waals surface area (Å²) in [6, 6.07) is 12.9. The zero-order valence-electron chi connectivity index (χ0n) is 18.1. The minimum atomic E-state index is -4.08. The molecule has 2 N–H and O–H groups in total. The van der Waals surface area contributed by atoms with Gasteiger partial charge in [0.15, 0.2) is 14.6 Å². The fourth-order valence-electron chi connectivity index (χ4n) is 3.77. The number of ether oxygens (including phenoxy) is 3. The molecule has 10 heteroatoms. The number of methoxy groups -OCH3 is 2. The van der Waals surface area contributed by atoms with E-state index in [0.29, 0.717) is 43.5 Å². The molecule has 3 rings (SSSR count). The average Bonchev–Trinajstić information content (AvgIpc) is 2.83. The van der Waals surface area contributed by atoms with Gasteiger partial charge in [0.2, 0.25) is 0 Å². The van der Waals surface area contributed by atoms with Gasteiger partial charge in [-0.1, -0.05) is 0 Å². The number of carbonyl (C=O) groups excluding carboxylic acids is 1. The third-order valence-electron chi connectivity index (χ3n) is 5.73. The molecule has 0 bridgehead atoms. The summed E-state index contributed by atoms with van der Waals surface area (Å²) in [6.45, 7) is 1.95. The number of nitrogens with one attached hydrogen (secondary N) is 1. The van der Waals surface area contributed by atoms with Gasteiger partial charge < -0.3 is 19.1 Å². The first-order valence-corrected chi connectivity index (χ1v) is 11.7. The topological polar surface area (TPSA) is 114 Å². The number of amides is 1. The van der Waals surface area contributed by atoms with Crippen LogP contribution in [0.15, 0.2) is 53.4 Å². The Labute approximate surface area is 187 Å². The third-order valence-corrected chi connectivity index (χ3v) is 8.25. The van der Waals surface area contributed by atoms with Crippen LogP contribution >= 0.6 is 0 Å². The number of hydroxylamine groups is 1. The lowest BCUT2D eigenvalue weighted by atomic mass is 9.95. The van der Waals surface area contributed by atoms with E-state index in [1.165, 1.54) is 24.3 Å². The van der Waals surface area contributed by atoms with Crippen molar-refractivity contribution in [2.75, 3.05) is 40.5 Å². The summed E-state index contributed by atoms with van der Waals surface area (Å²) >= 11 is 0. The molecule has 1 fully saturated rings. The Morgan fingerprint density at radius 1 is 1.00 bits per heavy atom. The second-order valence-corrected chi connectivity index (χ2v) is 9.78. The van der Waals surface area contributed by atoms with Crippen LogP contribution in [0.25, 0.3) is 0 Å². The summed E-state index contributed by atoms with van der Waals surface area (Å²) in [5, 5.41) is 9.29. The van der Waals surface area contributed by atoms with Crippen molar-refractivity contribution in [3.8, 4) is 17.2 Å². The number of carbonyl (C=O) groups is 1. The average molecular weight is 465 g/mol. The van der Waals surface area contributed by atoms with Gasteiger partial charge >= 0.3 is 0 Å². The van der Waals surface area contributed by atoms with Crippen molar-refractivity contribution < 1.29 is 32.6 Å². The Morgan fingerprint density at radius 2 is 1.53 bits per heavy atom. The lowest BCUT2D eigenvalue weighted by molar-refractivity contribution is -0.133. The van der Waals surface area contributed by atoms with Gasteiger partial charge in [-0.15, -0.1) is 0 Å². The first-order chi connectivity index (χ1) is 15.4. The van der Waals surface area contributed by atoms with Crippen LogP contribution in [0.1, 0.15) is 12.8 Å². The number of likely N-dealkylation sites (tertiary alicyclic amines) is 1. The van der Waals surface area contributed by atoms with Crippen LogP contribution in [0.5, 0.6) is 17.2 Å². The predicted molar refractivity (Wildman–Crippen MR) is 117 cm³/mol. The van der Waals surface area contributed by atoms with Crippen LogP contribution in [0.4, 0.5) is 0 Å². The van der Waals surface area contributed by atoms with Gasteiger partial charge in [-0.2, -0.15) is 0 Å². The maximum atomic E-state index is 13.5. The van der Waals surface area contributed by atoms with Crippen molar-refractivity contribution in [3.05, 3.63) is 48.5 Å². The Morgan fingerprint density at radius 3 is 2.03 bits per heavy atom. The molecule has 0 atom stereocenters. The van der Waals surface area contributed by atoms with Gasteiger partial charge in [0.05, 0.1) is 18.6 Å². The highest BCUT2D eigenvalue weighted by Crippen LogP contribution is 2.37. The van der Waals surface area contributed by atoms with Crippen molar-refractivity contribution in [2.45, 2.75) is 22.5 Å². The maximum Gasteiger partial charge on any atom is 0.265 e. The molecule has 0 aliphatic carbocycles. The Kier molecular flexibility index (Phi) is 7.73. The minimum Gasteiger partial charge on any atom is -0.497 e. The van der Waals surface area contributed by atoms with Gasteiger partial charge in [-0.25, -0.2) is 13.9 Å². The molecule has 1 aliphatic heterocycles. The predicted octanol–water partition coefficient (Wildman–Crippen LogP) is 2.25. The Bertz CT molecular complexity index is 1000. The molecule has 2 aromatic carbocycles. The fourth-order valence-corrected chi connectivity index (χ4v) is 5.73. The SMILES string of the molecule is COCCN1CCC(C(=O)NO)(S(=O)(=O)c2ccc(Oc3ccc(OC)cc3)cc2)CC1. The second kappa shape index (κ2) is 10.3. The van der Waals surface area contributed by atoms with E-state index in [9.17, 15) is 18.4 Å². The van der Waals surface area contributed by atoms with Crippen molar-refractivity contribution in [2.24, 2.45) is 0 Å². The summed E-state index contributed by atoms with van der Waals surface area (Å²) in [7, 11) is -0.911. The third kappa shape index (κ3) is 4.88. The molecule has 1 amide bonds. The van der Waals surface area contributed by atoms with Crippen LogP contribution in [0.3, 0.4) is 0 Å². The van der Waals surface area contributed by atoms with E-state index < -0.39 is 20.5 Å². The van der Waals surface area contributed by atoms with Gasteiger partial charge in [-0.3, -0.25) is 10.0 Å². The molecule has 32 heavy (non-hydrogen) atoms. The van der Waals surface area contributed by atoms with E-state index in [-0.39, 0.29) is 17.7 Å². The normalized spacial score (nSPS) is 16.3. The van der Waals surface area contributed by atoms with Crippen molar-refractivity contribution in [3.63, 3.8) is 0 Å². The van der Waals surface area contributed by atoms with Gasteiger partial charge in [0.25, 0.3) is 5.91 Å². The molecule has 1 saturated heterocycles. The number of hydrogen-bond acceptors (Lipinski definition) is 8. The molecule has 0 saturated carbocycles. The number of nitrogens with zero attached hydrogens (tertiary/aromatic N) is 1. The molecule has 174 valence electrons. The molecular formula is C22H28N2O7S. The summed E-state index contributed by atoms with van der Waals surface area (Å²) < 4.78 is 41.2. The molecule has 9 nitrogen and oxygen atoms in total. The zero-order chi connectivity index (χ0) is 23.2. The van der Waals surface area contributed by atoms with E-state index in [4.69, 9.17) is 14.2 Å². The van der Waals surface area contributed by atoms with Crippen molar-refractivity contribution in [1.29, 1.82) is 0 Å². The van der Waals surface area contributed by atoms with E-state index in [2.05, 4.69) is 0 Å². The summed E-state index contributed by atoms with van der Waals surface area (Å²) in [5.41, 5.74) is 1.57. The number of piperidine rings is 1. The first kappa shape index (κ1) is 24.0. The highest BCUT2D eigenvalue weighted by atomic mass is 32.2. The fraction of sp³-hybridized carbons (Fsp3) is 0.409. The zero-order valence-corrected chi connectivity index (χ0v) is 18.9. The van der Waals surface area contributed by atoms with Crippen LogP contribution in [-0.4, -0.2) is 69.6 Å². The standard InChI is InChI=1S/C22H28N2O7S/c1-29-16-15-24-13-11-22(12-14-24,21(25)23-26)32(27,28)20-9-7-19(8-10-20)31-18-5-3-17(30-2)4-6-18/h3-10,26H,11-16H2,1-2H3,(H,23,25). The van der Waals surface area contributed by atoms with E-state index in [1.807, 2.05) is 4.90 Å². The number of hydrogen-bond donors (Lipinski definition) is 2. The number of benzene rings is 2. The molecule has 0 aromatic heterocycles. The van der Waals surface area contributed by atoms with E-state index in [0.717, 1.165) is 0 Å². The Hall–Kier alpha value is -2.66. The molecule has 2 aromatic rings. The summed E-state index contributed by atoms with van der Waals surface area (Å²) in [4.78, 5) is 14.6. The van der Waals surface area contributed by atoms with Gasteiger partial charge in [0.1, 0.15) is 17.2 Å². The Balaban J connectivity index is 1.80. The van der Waals surface area contributed by atoms with Crippen LogP contribution in [0, 0.1) is 0 Å². The summed E-state index contributed by atoms with van der Waals surface area (Å²) in [5.74, 6) is 0.798. The van der Waals surface area contributed by atoms with Crippen molar-refractivity contribution >= 4 is 15.7 Å². The highest BCUT2D eigenvalue weighted by Gasteiger charge is 2.52. The van der Waals surface area contributed by atoms with Crippen molar-refractivity contribution in [1.82, 2.24) is 10.4 Å². The number of rotatable bonds is 9. The van der Waals surface area contributed by atoms with Crippen LogP contribution in [0.2, 0.25) is 0 Å². The highest BCUT2D eigenvalue weighted by molar-refractivity contribution is 7.93. The lowest BCUT2D eigenvalue weighted by Gasteiger charge is -2.39. The summed E-state index contributed by atoms with van der Waals surface area (Å²) in [6.07, 6.45) is 0.130. The van der Waals surface area contributed by atoms with E-state index >= 15 is 0 Å². The van der Waals surface area contributed by atoms with Gasteiger partial charge in [-0.05, 0) is 61.4 Å².